The molecule has 2 N–H and O–H groups in total. The molecule has 0 bridgehead atoms. The van der Waals surface area contributed by atoms with Gasteiger partial charge in [-0.15, -0.1) is 0 Å². The number of anilines is 2. The Labute approximate surface area is 207 Å². The van der Waals surface area contributed by atoms with Gasteiger partial charge < -0.3 is 20.1 Å². The van der Waals surface area contributed by atoms with Crippen molar-refractivity contribution in [3.05, 3.63) is 47.5 Å². The maximum atomic E-state index is 14.5. The van der Waals surface area contributed by atoms with Crippen molar-refractivity contribution < 1.29 is 18.7 Å². The predicted molar refractivity (Wildman–Crippen MR) is 132 cm³/mol. The molecule has 1 amide bonds. The Morgan fingerprint density at radius 1 is 1.23 bits per heavy atom. The van der Waals surface area contributed by atoms with Gasteiger partial charge in [-0.1, -0.05) is 17.7 Å². The number of rotatable bonds is 5. The van der Waals surface area contributed by atoms with Crippen LogP contribution in [0.3, 0.4) is 0 Å². The molecule has 1 saturated carbocycles. The number of carbonyl (C=O) groups is 1. The SMILES string of the molecule is COc1cc2ncnc(Nc3cccc(Cl)c3F)c2cc1OC1CCC2(CC1)C(=O)NCCN2C. The Morgan fingerprint density at radius 3 is 2.77 bits per heavy atom. The average molecular weight is 500 g/mol. The third-order valence-corrected chi connectivity index (χ3v) is 7.36. The molecule has 3 aromatic rings. The molecule has 8 nitrogen and oxygen atoms in total. The Balaban J connectivity index is 1.41. The fourth-order valence-corrected chi connectivity index (χ4v) is 5.18. The molecule has 2 heterocycles. The van der Waals surface area contributed by atoms with E-state index < -0.39 is 11.4 Å². The van der Waals surface area contributed by atoms with Crippen LogP contribution < -0.4 is 20.1 Å². The van der Waals surface area contributed by atoms with Crippen LogP contribution in [-0.2, 0) is 4.79 Å². The number of piperazine rings is 1. The van der Waals surface area contributed by atoms with Gasteiger partial charge in [-0.2, -0.15) is 0 Å². The second-order valence-electron chi connectivity index (χ2n) is 9.00. The summed E-state index contributed by atoms with van der Waals surface area (Å²) in [5.41, 5.74) is 0.373. The van der Waals surface area contributed by atoms with Crippen LogP contribution in [0, 0.1) is 5.82 Å². The van der Waals surface area contributed by atoms with Crippen molar-refractivity contribution in [1.29, 1.82) is 0 Å². The normalized spacial score (nSPS) is 22.7. The summed E-state index contributed by atoms with van der Waals surface area (Å²) in [6, 6.07) is 8.32. The van der Waals surface area contributed by atoms with Crippen LogP contribution in [0.1, 0.15) is 25.7 Å². The molecule has 1 spiro atoms. The molecule has 1 aromatic heterocycles. The third-order valence-electron chi connectivity index (χ3n) is 7.06. The van der Waals surface area contributed by atoms with E-state index in [2.05, 4.69) is 25.5 Å². The number of hydrogen-bond donors (Lipinski definition) is 2. The molecule has 1 aliphatic carbocycles. The molecule has 2 aromatic carbocycles. The molecule has 2 aliphatic rings. The minimum atomic E-state index is -0.557. The van der Waals surface area contributed by atoms with Crippen LogP contribution >= 0.6 is 11.6 Å². The van der Waals surface area contributed by atoms with E-state index in [1.165, 1.54) is 12.4 Å². The summed E-state index contributed by atoms with van der Waals surface area (Å²) in [7, 11) is 3.59. The van der Waals surface area contributed by atoms with Gasteiger partial charge in [-0.05, 0) is 50.9 Å². The molecule has 1 saturated heterocycles. The largest absolute Gasteiger partial charge is 0.493 e. The van der Waals surface area contributed by atoms with Gasteiger partial charge >= 0.3 is 0 Å². The maximum absolute atomic E-state index is 14.5. The minimum absolute atomic E-state index is 0.0198. The average Bonchev–Trinajstić information content (AvgIpc) is 2.86. The van der Waals surface area contributed by atoms with Crippen LogP contribution in [-0.4, -0.2) is 59.7 Å². The van der Waals surface area contributed by atoms with Crippen LogP contribution in [0.15, 0.2) is 36.7 Å². The highest BCUT2D eigenvalue weighted by Gasteiger charge is 2.47. The second-order valence-corrected chi connectivity index (χ2v) is 9.40. The molecule has 0 radical (unpaired) electrons. The number of nitrogens with one attached hydrogen (secondary N) is 2. The number of nitrogens with zero attached hydrogens (tertiary/aromatic N) is 3. The lowest BCUT2D eigenvalue weighted by Gasteiger charge is -2.47. The number of fused-ring (bicyclic) bond motifs is 1. The first-order valence-electron chi connectivity index (χ1n) is 11.6. The summed E-state index contributed by atoms with van der Waals surface area (Å²) in [5.74, 6) is 1.07. The Morgan fingerprint density at radius 2 is 2.03 bits per heavy atom. The van der Waals surface area contributed by atoms with E-state index >= 15 is 0 Å². The van der Waals surface area contributed by atoms with Gasteiger partial charge in [0.1, 0.15) is 17.7 Å². The zero-order valence-corrected chi connectivity index (χ0v) is 20.4. The Bertz CT molecular complexity index is 1270. The van der Waals surface area contributed by atoms with E-state index in [1.54, 1.807) is 25.3 Å². The quantitative estimate of drug-likeness (QED) is 0.541. The first kappa shape index (κ1) is 23.6. The number of amides is 1. The lowest BCUT2D eigenvalue weighted by atomic mass is 9.77. The van der Waals surface area contributed by atoms with Gasteiger partial charge in [0.25, 0.3) is 0 Å². The van der Waals surface area contributed by atoms with Crippen LogP contribution in [0.2, 0.25) is 5.02 Å². The lowest BCUT2D eigenvalue weighted by Crippen LogP contribution is -2.65. The summed E-state index contributed by atoms with van der Waals surface area (Å²) < 4.78 is 26.4. The van der Waals surface area contributed by atoms with Gasteiger partial charge in [0.2, 0.25) is 5.91 Å². The monoisotopic (exact) mass is 499 g/mol. The summed E-state index contributed by atoms with van der Waals surface area (Å²) >= 11 is 5.93. The molecule has 184 valence electrons. The van der Waals surface area contributed by atoms with Crippen molar-refractivity contribution in [2.75, 3.05) is 32.6 Å². The summed E-state index contributed by atoms with van der Waals surface area (Å²) in [4.78, 5) is 23.5. The molecular weight excluding hydrogens is 473 g/mol. The topological polar surface area (TPSA) is 88.6 Å². The number of carbonyl (C=O) groups excluding carboxylic acids is 1. The highest BCUT2D eigenvalue weighted by molar-refractivity contribution is 6.31. The number of ether oxygens (including phenoxy) is 2. The number of methoxy groups -OCH3 is 1. The molecule has 0 atom stereocenters. The van der Waals surface area contributed by atoms with E-state index in [4.69, 9.17) is 21.1 Å². The van der Waals surface area contributed by atoms with Crippen molar-refractivity contribution in [2.24, 2.45) is 0 Å². The first-order chi connectivity index (χ1) is 16.9. The Kier molecular flexibility index (Phi) is 6.37. The maximum Gasteiger partial charge on any atom is 0.240 e. The van der Waals surface area contributed by atoms with E-state index in [0.29, 0.717) is 34.8 Å². The fourth-order valence-electron chi connectivity index (χ4n) is 5.01. The number of aromatic nitrogens is 2. The van der Waals surface area contributed by atoms with Crippen LogP contribution in [0.5, 0.6) is 11.5 Å². The van der Waals surface area contributed by atoms with E-state index in [1.807, 2.05) is 13.1 Å². The van der Waals surface area contributed by atoms with Gasteiger partial charge in [-0.3, -0.25) is 9.69 Å². The standard InChI is InChI=1S/C25H27ClFN5O3/c1-32-11-10-28-24(33)25(32)8-6-15(7-9-25)35-21-12-16-19(13-20(21)34-2)29-14-30-23(16)31-18-5-3-4-17(26)22(18)27/h3-5,12-15H,6-11H2,1-2H3,(H,28,33)(H,29,30,31). The van der Waals surface area contributed by atoms with Crippen LogP contribution in [0.25, 0.3) is 10.9 Å². The van der Waals surface area contributed by atoms with E-state index in [0.717, 1.165) is 32.2 Å². The third kappa shape index (κ3) is 4.34. The smallest absolute Gasteiger partial charge is 0.240 e. The number of benzene rings is 2. The molecular formula is C25H27ClFN5O3. The van der Waals surface area contributed by atoms with Crippen LogP contribution in [0.4, 0.5) is 15.9 Å². The Hall–Kier alpha value is -3.17. The lowest BCUT2D eigenvalue weighted by molar-refractivity contribution is -0.140. The zero-order valence-electron chi connectivity index (χ0n) is 19.6. The van der Waals surface area contributed by atoms with Crippen molar-refractivity contribution in [1.82, 2.24) is 20.2 Å². The first-order valence-corrected chi connectivity index (χ1v) is 12.0. The van der Waals surface area contributed by atoms with Crippen molar-refractivity contribution in [3.63, 3.8) is 0 Å². The molecule has 1 aliphatic heterocycles. The highest BCUT2D eigenvalue weighted by atomic mass is 35.5. The molecule has 10 heteroatoms. The minimum Gasteiger partial charge on any atom is -0.493 e. The zero-order chi connectivity index (χ0) is 24.6. The van der Waals surface area contributed by atoms with Crippen molar-refractivity contribution in [3.8, 4) is 11.5 Å². The fraction of sp³-hybridized carbons (Fsp3) is 0.400. The molecule has 35 heavy (non-hydrogen) atoms. The molecule has 0 unspecified atom stereocenters. The number of likely N-dealkylation sites (N-methyl/N-ethyl adjacent to an activating group) is 1. The van der Waals surface area contributed by atoms with Gasteiger partial charge in [0, 0.05) is 24.5 Å². The van der Waals surface area contributed by atoms with Gasteiger partial charge in [0.05, 0.1) is 29.4 Å². The second kappa shape index (κ2) is 9.47. The van der Waals surface area contributed by atoms with E-state index in [9.17, 15) is 9.18 Å². The van der Waals surface area contributed by atoms with Gasteiger partial charge in [0.15, 0.2) is 17.3 Å². The molecule has 2 fully saturated rings. The van der Waals surface area contributed by atoms with Crippen molar-refractivity contribution >= 4 is 39.9 Å². The van der Waals surface area contributed by atoms with E-state index in [-0.39, 0.29) is 22.7 Å². The number of halogens is 2. The highest BCUT2D eigenvalue weighted by Crippen LogP contribution is 2.40. The van der Waals surface area contributed by atoms with Crippen molar-refractivity contribution in [2.45, 2.75) is 37.3 Å². The molecule has 5 rings (SSSR count). The predicted octanol–water partition coefficient (Wildman–Crippen LogP) is 4.30. The number of hydrogen-bond acceptors (Lipinski definition) is 7. The van der Waals surface area contributed by atoms with Gasteiger partial charge in [-0.25, -0.2) is 14.4 Å². The summed E-state index contributed by atoms with van der Waals surface area (Å²) in [6.45, 7) is 1.53. The summed E-state index contributed by atoms with van der Waals surface area (Å²) in [6.07, 6.45) is 4.26. The summed E-state index contributed by atoms with van der Waals surface area (Å²) in [5, 5.41) is 6.70.